The SMILES string of the molecule is C=CCN(CCOC)C(=O)CCS. The third kappa shape index (κ3) is 5.71. The maximum absolute atomic E-state index is 11.4. The molecule has 0 unspecified atom stereocenters. The van der Waals surface area contributed by atoms with Crippen molar-refractivity contribution in [3.63, 3.8) is 0 Å². The summed E-state index contributed by atoms with van der Waals surface area (Å²) in [6.45, 7) is 5.36. The van der Waals surface area contributed by atoms with Crippen molar-refractivity contribution in [1.29, 1.82) is 0 Å². The smallest absolute Gasteiger partial charge is 0.223 e. The summed E-state index contributed by atoms with van der Waals surface area (Å²) in [6, 6.07) is 0. The zero-order valence-electron chi connectivity index (χ0n) is 8.03. The van der Waals surface area contributed by atoms with Crippen LogP contribution in [0.1, 0.15) is 6.42 Å². The molecule has 1 amide bonds. The van der Waals surface area contributed by atoms with Gasteiger partial charge < -0.3 is 9.64 Å². The van der Waals surface area contributed by atoms with E-state index >= 15 is 0 Å². The lowest BCUT2D eigenvalue weighted by Gasteiger charge is -2.20. The van der Waals surface area contributed by atoms with Crippen molar-refractivity contribution in [2.45, 2.75) is 6.42 Å². The monoisotopic (exact) mass is 203 g/mol. The molecular weight excluding hydrogens is 186 g/mol. The summed E-state index contributed by atoms with van der Waals surface area (Å²) >= 11 is 4.01. The van der Waals surface area contributed by atoms with Gasteiger partial charge in [0.15, 0.2) is 0 Å². The van der Waals surface area contributed by atoms with Gasteiger partial charge in [-0.05, 0) is 5.75 Å². The van der Waals surface area contributed by atoms with Crippen LogP contribution in [0.25, 0.3) is 0 Å². The lowest BCUT2D eigenvalue weighted by molar-refractivity contribution is -0.130. The molecule has 0 heterocycles. The van der Waals surface area contributed by atoms with Crippen LogP contribution in [0.4, 0.5) is 0 Å². The fraction of sp³-hybridized carbons (Fsp3) is 0.667. The maximum Gasteiger partial charge on any atom is 0.223 e. The molecule has 0 rings (SSSR count). The predicted molar refractivity (Wildman–Crippen MR) is 57.1 cm³/mol. The van der Waals surface area contributed by atoms with Gasteiger partial charge in [0.1, 0.15) is 0 Å². The van der Waals surface area contributed by atoms with Crippen molar-refractivity contribution in [3.05, 3.63) is 12.7 Å². The van der Waals surface area contributed by atoms with Crippen LogP contribution >= 0.6 is 12.6 Å². The Morgan fingerprint density at radius 3 is 2.85 bits per heavy atom. The highest BCUT2D eigenvalue weighted by Crippen LogP contribution is 1.96. The summed E-state index contributed by atoms with van der Waals surface area (Å²) in [4.78, 5) is 13.1. The van der Waals surface area contributed by atoms with Crippen molar-refractivity contribution in [3.8, 4) is 0 Å². The van der Waals surface area contributed by atoms with Crippen LogP contribution in [0.5, 0.6) is 0 Å². The van der Waals surface area contributed by atoms with Crippen LogP contribution < -0.4 is 0 Å². The summed E-state index contributed by atoms with van der Waals surface area (Å²) in [6.07, 6.45) is 2.19. The highest BCUT2D eigenvalue weighted by atomic mass is 32.1. The predicted octanol–water partition coefficient (Wildman–Crippen LogP) is 0.967. The number of carbonyl (C=O) groups excluding carboxylic acids is 1. The van der Waals surface area contributed by atoms with E-state index in [0.29, 0.717) is 31.9 Å². The van der Waals surface area contributed by atoms with Gasteiger partial charge in [0.05, 0.1) is 6.61 Å². The molecule has 0 saturated carbocycles. The van der Waals surface area contributed by atoms with Crippen LogP contribution in [0.3, 0.4) is 0 Å². The van der Waals surface area contributed by atoms with E-state index in [1.807, 2.05) is 0 Å². The summed E-state index contributed by atoms with van der Waals surface area (Å²) in [7, 11) is 1.62. The fourth-order valence-corrected chi connectivity index (χ4v) is 1.12. The average Bonchev–Trinajstić information content (AvgIpc) is 2.12. The van der Waals surface area contributed by atoms with Crippen LogP contribution in [0.15, 0.2) is 12.7 Å². The number of hydrogen-bond acceptors (Lipinski definition) is 3. The lowest BCUT2D eigenvalue weighted by atomic mass is 10.3. The van der Waals surface area contributed by atoms with Gasteiger partial charge in [-0.2, -0.15) is 12.6 Å². The number of amides is 1. The van der Waals surface area contributed by atoms with Crippen LogP contribution in [0.2, 0.25) is 0 Å². The van der Waals surface area contributed by atoms with E-state index in [0.717, 1.165) is 0 Å². The molecule has 0 fully saturated rings. The Kier molecular flexibility index (Phi) is 7.83. The molecular formula is C9H17NO2S. The first-order chi connectivity index (χ1) is 6.26. The lowest BCUT2D eigenvalue weighted by Crippen LogP contribution is -2.34. The summed E-state index contributed by atoms with van der Waals surface area (Å²) in [5, 5.41) is 0. The second-order valence-electron chi connectivity index (χ2n) is 2.59. The highest BCUT2D eigenvalue weighted by Gasteiger charge is 2.09. The minimum Gasteiger partial charge on any atom is -0.383 e. The first kappa shape index (κ1) is 12.5. The largest absolute Gasteiger partial charge is 0.383 e. The van der Waals surface area contributed by atoms with Gasteiger partial charge in [-0.25, -0.2) is 0 Å². The van der Waals surface area contributed by atoms with E-state index in [2.05, 4.69) is 19.2 Å². The van der Waals surface area contributed by atoms with Crippen molar-refractivity contribution in [1.82, 2.24) is 4.90 Å². The van der Waals surface area contributed by atoms with Gasteiger partial charge >= 0.3 is 0 Å². The van der Waals surface area contributed by atoms with Gasteiger partial charge in [0.2, 0.25) is 5.91 Å². The molecule has 76 valence electrons. The fourth-order valence-electron chi connectivity index (χ4n) is 0.929. The Hall–Kier alpha value is -0.480. The number of hydrogen-bond donors (Lipinski definition) is 1. The average molecular weight is 203 g/mol. The minimum absolute atomic E-state index is 0.104. The molecule has 0 aromatic carbocycles. The van der Waals surface area contributed by atoms with Crippen molar-refractivity contribution < 1.29 is 9.53 Å². The Labute approximate surface area is 85.2 Å². The molecule has 0 atom stereocenters. The molecule has 4 heteroatoms. The van der Waals surface area contributed by atoms with Gasteiger partial charge in [-0.1, -0.05) is 6.08 Å². The second-order valence-corrected chi connectivity index (χ2v) is 3.04. The molecule has 0 aliphatic carbocycles. The van der Waals surface area contributed by atoms with Crippen molar-refractivity contribution in [2.24, 2.45) is 0 Å². The van der Waals surface area contributed by atoms with Crippen LogP contribution in [-0.4, -0.2) is 43.4 Å². The Bertz CT molecular complexity index is 162. The first-order valence-electron chi connectivity index (χ1n) is 4.24. The molecule has 0 aromatic heterocycles. The first-order valence-corrected chi connectivity index (χ1v) is 4.88. The number of carbonyl (C=O) groups is 1. The third-order valence-electron chi connectivity index (χ3n) is 1.59. The zero-order valence-corrected chi connectivity index (χ0v) is 8.93. The van der Waals surface area contributed by atoms with Crippen molar-refractivity contribution in [2.75, 3.05) is 32.6 Å². The quantitative estimate of drug-likeness (QED) is 0.493. The number of methoxy groups -OCH3 is 1. The molecule has 0 aliphatic rings. The number of nitrogens with zero attached hydrogens (tertiary/aromatic N) is 1. The number of ether oxygens (including phenoxy) is 1. The highest BCUT2D eigenvalue weighted by molar-refractivity contribution is 7.80. The topological polar surface area (TPSA) is 29.5 Å². The molecule has 0 aliphatic heterocycles. The van der Waals surface area contributed by atoms with Gasteiger partial charge in [-0.3, -0.25) is 4.79 Å². The van der Waals surface area contributed by atoms with E-state index in [1.54, 1.807) is 18.1 Å². The molecule has 0 aromatic rings. The third-order valence-corrected chi connectivity index (χ3v) is 1.82. The van der Waals surface area contributed by atoms with Crippen LogP contribution in [-0.2, 0) is 9.53 Å². The van der Waals surface area contributed by atoms with E-state index in [4.69, 9.17) is 4.74 Å². The van der Waals surface area contributed by atoms with Gasteiger partial charge in [0, 0.05) is 26.6 Å². The Balaban J connectivity index is 3.90. The maximum atomic E-state index is 11.4. The standard InChI is InChI=1S/C9H17NO2S/c1-3-5-10(6-7-12-2)9(11)4-8-13/h3,13H,1,4-8H2,2H3. The molecule has 0 spiro atoms. The molecule has 0 radical (unpaired) electrons. The van der Waals surface area contributed by atoms with E-state index in [9.17, 15) is 4.79 Å². The summed E-state index contributed by atoms with van der Waals surface area (Å²) in [5.41, 5.74) is 0. The second kappa shape index (κ2) is 8.13. The normalized spacial score (nSPS) is 9.69. The number of thiol groups is 1. The number of rotatable bonds is 7. The van der Waals surface area contributed by atoms with Gasteiger partial charge in [0.25, 0.3) is 0 Å². The van der Waals surface area contributed by atoms with Gasteiger partial charge in [-0.15, -0.1) is 6.58 Å². The van der Waals surface area contributed by atoms with E-state index in [1.165, 1.54) is 0 Å². The Morgan fingerprint density at radius 1 is 1.69 bits per heavy atom. The molecule has 13 heavy (non-hydrogen) atoms. The van der Waals surface area contributed by atoms with Crippen LogP contribution in [0, 0.1) is 0 Å². The zero-order chi connectivity index (χ0) is 10.1. The Morgan fingerprint density at radius 2 is 2.38 bits per heavy atom. The summed E-state index contributed by atoms with van der Waals surface area (Å²) in [5.74, 6) is 0.686. The molecule has 0 bridgehead atoms. The molecule has 0 N–H and O–H groups in total. The molecule has 3 nitrogen and oxygen atoms in total. The minimum atomic E-state index is 0.104. The van der Waals surface area contributed by atoms with E-state index < -0.39 is 0 Å². The molecule has 0 saturated heterocycles. The van der Waals surface area contributed by atoms with E-state index in [-0.39, 0.29) is 5.91 Å². The summed E-state index contributed by atoms with van der Waals surface area (Å²) < 4.78 is 4.90. The van der Waals surface area contributed by atoms with Crippen molar-refractivity contribution >= 4 is 18.5 Å².